The normalized spacial score (nSPS) is 11.4. The number of aryl methyl sites for hydroxylation is 1. The van der Waals surface area contributed by atoms with Crippen LogP contribution in [-0.2, 0) is 22.7 Å². The molecule has 0 saturated heterocycles. The summed E-state index contributed by atoms with van der Waals surface area (Å²) in [5.74, 6) is 0. The predicted molar refractivity (Wildman–Crippen MR) is 89.9 cm³/mol. The molecule has 1 N–H and O–H groups in total. The molecule has 1 heterocycles. The fourth-order valence-electron chi connectivity index (χ4n) is 2.08. The van der Waals surface area contributed by atoms with Crippen molar-refractivity contribution in [2.45, 2.75) is 24.7 Å². The molecule has 0 aliphatic carbocycles. The number of hydrogen-bond acceptors (Lipinski definition) is 7. The minimum absolute atomic E-state index is 0.199. The maximum atomic E-state index is 11.7. The van der Waals surface area contributed by atoms with E-state index in [1.54, 1.807) is 11.3 Å². The van der Waals surface area contributed by atoms with Gasteiger partial charge in [-0.25, -0.2) is 13.4 Å². The van der Waals surface area contributed by atoms with Crippen LogP contribution in [0.3, 0.4) is 0 Å². The summed E-state index contributed by atoms with van der Waals surface area (Å²) in [7, 11) is -3.67. The summed E-state index contributed by atoms with van der Waals surface area (Å²) in [6.07, 6.45) is 4.32. The lowest BCUT2D eigenvalue weighted by Gasteiger charge is -2.08. The first-order valence-electron chi connectivity index (χ1n) is 6.97. The van der Waals surface area contributed by atoms with Crippen LogP contribution >= 0.6 is 11.3 Å². The van der Waals surface area contributed by atoms with Gasteiger partial charge in [-0.15, -0.1) is 11.3 Å². The van der Waals surface area contributed by atoms with Gasteiger partial charge >= 0.3 is 5.69 Å². The standard InChI is InChI=1S/C14H17N3O4S2/c1-3-10-9-16-13(22-10)7-8-15-11-5-4-6-12(23(2,20)21)14(11)17(18)19/h4-6,9,15H,3,7-8H2,1-2H3. The van der Waals surface area contributed by atoms with Crippen LogP contribution in [0.5, 0.6) is 0 Å². The van der Waals surface area contributed by atoms with Crippen LogP contribution < -0.4 is 5.32 Å². The van der Waals surface area contributed by atoms with E-state index in [4.69, 9.17) is 0 Å². The Bertz CT molecular complexity index is 815. The largest absolute Gasteiger partial charge is 0.379 e. The number of rotatable bonds is 7. The summed E-state index contributed by atoms with van der Waals surface area (Å²) in [6, 6.07) is 4.24. The van der Waals surface area contributed by atoms with E-state index < -0.39 is 20.4 Å². The predicted octanol–water partition coefficient (Wildman–Crippen LogP) is 2.67. The Kier molecular flexibility index (Phi) is 5.32. The number of para-hydroxylation sites is 1. The molecule has 2 aromatic rings. The number of nitro groups is 1. The molecular formula is C14H17N3O4S2. The van der Waals surface area contributed by atoms with Crippen LogP contribution in [0.2, 0.25) is 0 Å². The summed E-state index contributed by atoms with van der Waals surface area (Å²) in [6.45, 7) is 2.49. The van der Waals surface area contributed by atoms with E-state index >= 15 is 0 Å². The van der Waals surface area contributed by atoms with E-state index in [1.807, 2.05) is 6.20 Å². The number of anilines is 1. The first kappa shape index (κ1) is 17.4. The van der Waals surface area contributed by atoms with Crippen LogP contribution in [-0.4, -0.2) is 31.1 Å². The first-order chi connectivity index (χ1) is 10.8. The van der Waals surface area contributed by atoms with Crippen molar-refractivity contribution in [2.24, 2.45) is 0 Å². The van der Waals surface area contributed by atoms with Crippen molar-refractivity contribution in [3.63, 3.8) is 0 Å². The monoisotopic (exact) mass is 355 g/mol. The molecule has 7 nitrogen and oxygen atoms in total. The average Bonchev–Trinajstić information content (AvgIpc) is 2.94. The highest BCUT2D eigenvalue weighted by Gasteiger charge is 2.25. The molecule has 0 unspecified atom stereocenters. The molecule has 23 heavy (non-hydrogen) atoms. The minimum Gasteiger partial charge on any atom is -0.379 e. The first-order valence-corrected chi connectivity index (χ1v) is 9.68. The van der Waals surface area contributed by atoms with Crippen molar-refractivity contribution in [2.75, 3.05) is 18.1 Å². The molecule has 2 rings (SSSR count). The van der Waals surface area contributed by atoms with Crippen molar-refractivity contribution in [1.82, 2.24) is 4.98 Å². The number of sulfone groups is 1. The average molecular weight is 355 g/mol. The van der Waals surface area contributed by atoms with E-state index in [0.29, 0.717) is 13.0 Å². The van der Waals surface area contributed by atoms with Crippen molar-refractivity contribution in [1.29, 1.82) is 0 Å². The van der Waals surface area contributed by atoms with Gasteiger partial charge in [-0.2, -0.15) is 0 Å². The third-order valence-electron chi connectivity index (χ3n) is 3.19. The zero-order valence-electron chi connectivity index (χ0n) is 12.8. The van der Waals surface area contributed by atoms with Gasteiger partial charge < -0.3 is 5.32 Å². The fraction of sp³-hybridized carbons (Fsp3) is 0.357. The number of nitrogens with zero attached hydrogens (tertiary/aromatic N) is 2. The van der Waals surface area contributed by atoms with E-state index in [-0.39, 0.29) is 10.6 Å². The van der Waals surface area contributed by atoms with Crippen LogP contribution in [0.1, 0.15) is 16.8 Å². The van der Waals surface area contributed by atoms with Crippen molar-refractivity contribution in [3.05, 3.63) is 44.4 Å². The summed E-state index contributed by atoms with van der Waals surface area (Å²) in [5, 5.41) is 15.1. The zero-order chi connectivity index (χ0) is 17.0. The number of benzene rings is 1. The van der Waals surface area contributed by atoms with Gasteiger partial charge in [0.1, 0.15) is 10.6 Å². The summed E-state index contributed by atoms with van der Waals surface area (Å²) < 4.78 is 23.4. The smallest absolute Gasteiger partial charge is 0.310 e. The second-order valence-electron chi connectivity index (χ2n) is 4.93. The molecule has 9 heteroatoms. The summed E-state index contributed by atoms with van der Waals surface area (Å²) in [5.41, 5.74) is -0.214. The zero-order valence-corrected chi connectivity index (χ0v) is 14.4. The Morgan fingerprint density at radius 2 is 2.13 bits per heavy atom. The van der Waals surface area contributed by atoms with Gasteiger partial charge in [0.25, 0.3) is 0 Å². The number of aromatic nitrogens is 1. The third-order valence-corrected chi connectivity index (χ3v) is 5.52. The Labute approximate surface area is 138 Å². The SMILES string of the molecule is CCc1cnc(CCNc2cccc(S(C)(=O)=O)c2[N+](=O)[O-])s1. The molecule has 0 atom stereocenters. The van der Waals surface area contributed by atoms with Crippen LogP contribution in [0.25, 0.3) is 0 Å². The molecule has 0 bridgehead atoms. The maximum Gasteiger partial charge on any atom is 0.310 e. The van der Waals surface area contributed by atoms with E-state index in [9.17, 15) is 18.5 Å². The number of hydrogen-bond donors (Lipinski definition) is 1. The highest BCUT2D eigenvalue weighted by Crippen LogP contribution is 2.31. The Hall–Kier alpha value is -2.00. The molecule has 0 radical (unpaired) electrons. The second-order valence-corrected chi connectivity index (χ2v) is 8.12. The topological polar surface area (TPSA) is 102 Å². The highest BCUT2D eigenvalue weighted by molar-refractivity contribution is 7.90. The lowest BCUT2D eigenvalue weighted by molar-refractivity contribution is -0.386. The quantitative estimate of drug-likeness (QED) is 0.605. The maximum absolute atomic E-state index is 11.7. The van der Waals surface area contributed by atoms with Crippen LogP contribution in [0.15, 0.2) is 29.3 Å². The molecule has 0 fully saturated rings. The van der Waals surface area contributed by atoms with E-state index in [2.05, 4.69) is 17.2 Å². The molecule has 0 amide bonds. The van der Waals surface area contributed by atoms with Gasteiger partial charge in [0.05, 0.1) is 9.93 Å². The highest BCUT2D eigenvalue weighted by atomic mass is 32.2. The number of nitrogens with one attached hydrogen (secondary N) is 1. The van der Waals surface area contributed by atoms with Gasteiger partial charge in [-0.05, 0) is 18.6 Å². The Balaban J connectivity index is 2.18. The van der Waals surface area contributed by atoms with E-state index in [1.165, 1.54) is 23.1 Å². The van der Waals surface area contributed by atoms with Crippen molar-refractivity contribution >= 4 is 32.5 Å². The van der Waals surface area contributed by atoms with Crippen LogP contribution in [0.4, 0.5) is 11.4 Å². The third kappa shape index (κ3) is 4.26. The molecule has 0 aliphatic rings. The van der Waals surface area contributed by atoms with Crippen LogP contribution in [0, 0.1) is 10.1 Å². The van der Waals surface area contributed by atoms with Crippen molar-refractivity contribution in [3.8, 4) is 0 Å². The summed E-state index contributed by atoms with van der Waals surface area (Å²) >= 11 is 1.61. The van der Waals surface area contributed by atoms with Crippen molar-refractivity contribution < 1.29 is 13.3 Å². The van der Waals surface area contributed by atoms with Gasteiger partial charge in [-0.1, -0.05) is 13.0 Å². The lowest BCUT2D eigenvalue weighted by Crippen LogP contribution is -2.10. The molecular weight excluding hydrogens is 338 g/mol. The van der Waals surface area contributed by atoms with Gasteiger partial charge in [0.2, 0.25) is 0 Å². The second kappa shape index (κ2) is 7.05. The summed E-state index contributed by atoms with van der Waals surface area (Å²) in [4.78, 5) is 15.8. The number of thiazole rings is 1. The van der Waals surface area contributed by atoms with Gasteiger partial charge in [0, 0.05) is 30.3 Å². The Morgan fingerprint density at radius 1 is 1.39 bits per heavy atom. The molecule has 0 spiro atoms. The molecule has 1 aromatic heterocycles. The Morgan fingerprint density at radius 3 is 2.70 bits per heavy atom. The number of nitro benzene ring substituents is 1. The molecule has 124 valence electrons. The molecule has 0 aliphatic heterocycles. The minimum atomic E-state index is -3.67. The van der Waals surface area contributed by atoms with Gasteiger partial charge in [0.15, 0.2) is 9.84 Å². The van der Waals surface area contributed by atoms with Gasteiger partial charge in [-0.3, -0.25) is 10.1 Å². The fourth-order valence-corrected chi connectivity index (χ4v) is 3.81. The molecule has 1 aromatic carbocycles. The van der Waals surface area contributed by atoms with E-state index in [0.717, 1.165) is 17.7 Å². The lowest BCUT2D eigenvalue weighted by atomic mass is 10.2. The molecule has 0 saturated carbocycles.